The van der Waals surface area contributed by atoms with E-state index in [4.69, 9.17) is 4.52 Å². The number of likely N-dealkylation sites (tertiary alicyclic amines) is 1. The molecule has 21 heavy (non-hydrogen) atoms. The van der Waals surface area contributed by atoms with Gasteiger partial charge in [-0.2, -0.15) is 4.98 Å². The zero-order valence-electron chi connectivity index (χ0n) is 13.3. The van der Waals surface area contributed by atoms with Crippen molar-refractivity contribution in [3.8, 4) is 0 Å². The maximum absolute atomic E-state index is 12.4. The quantitative estimate of drug-likeness (QED) is 0.906. The maximum Gasteiger partial charge on any atom is 0.318 e. The van der Waals surface area contributed by atoms with Crippen molar-refractivity contribution in [2.45, 2.75) is 65.5 Å². The molecule has 1 aliphatic rings. The smallest absolute Gasteiger partial charge is 0.318 e. The SMILES string of the molecule is Cc1nc(CNC(=O)N2CCCC[C@H]2CCC(C)C)no1. The molecule has 2 rings (SSSR count). The molecule has 1 fully saturated rings. The highest BCUT2D eigenvalue weighted by Gasteiger charge is 2.26. The molecule has 6 heteroatoms. The van der Waals surface area contributed by atoms with Gasteiger partial charge in [-0.05, 0) is 38.0 Å². The third kappa shape index (κ3) is 4.72. The third-order valence-corrected chi connectivity index (χ3v) is 3.93. The number of carbonyl (C=O) groups is 1. The van der Waals surface area contributed by atoms with Crippen molar-refractivity contribution in [1.82, 2.24) is 20.4 Å². The zero-order valence-corrected chi connectivity index (χ0v) is 13.3. The minimum atomic E-state index is -0.00842. The normalized spacial score (nSPS) is 19.0. The summed E-state index contributed by atoms with van der Waals surface area (Å²) in [6.07, 6.45) is 5.68. The van der Waals surface area contributed by atoms with Gasteiger partial charge >= 0.3 is 6.03 Å². The molecule has 2 heterocycles. The topological polar surface area (TPSA) is 71.3 Å². The van der Waals surface area contributed by atoms with E-state index in [0.29, 0.717) is 30.2 Å². The lowest BCUT2D eigenvalue weighted by atomic mass is 9.95. The summed E-state index contributed by atoms with van der Waals surface area (Å²) in [5, 5.41) is 6.69. The van der Waals surface area contributed by atoms with E-state index in [1.54, 1.807) is 6.92 Å². The van der Waals surface area contributed by atoms with E-state index in [0.717, 1.165) is 25.8 Å². The number of piperidine rings is 1. The van der Waals surface area contributed by atoms with Crippen LogP contribution in [-0.2, 0) is 6.54 Å². The summed E-state index contributed by atoms with van der Waals surface area (Å²) in [6, 6.07) is 0.360. The lowest BCUT2D eigenvalue weighted by Crippen LogP contribution is -2.48. The number of nitrogens with one attached hydrogen (secondary N) is 1. The van der Waals surface area contributed by atoms with Crippen molar-refractivity contribution in [3.63, 3.8) is 0 Å². The van der Waals surface area contributed by atoms with E-state index in [9.17, 15) is 4.79 Å². The fourth-order valence-corrected chi connectivity index (χ4v) is 2.76. The number of nitrogens with zero attached hydrogens (tertiary/aromatic N) is 3. The molecule has 0 unspecified atom stereocenters. The summed E-state index contributed by atoms with van der Waals surface area (Å²) >= 11 is 0. The number of urea groups is 1. The first-order valence-electron chi connectivity index (χ1n) is 7.90. The Morgan fingerprint density at radius 3 is 2.95 bits per heavy atom. The van der Waals surface area contributed by atoms with Crippen LogP contribution in [0, 0.1) is 12.8 Å². The van der Waals surface area contributed by atoms with Gasteiger partial charge in [0.15, 0.2) is 5.82 Å². The minimum absolute atomic E-state index is 0.00842. The van der Waals surface area contributed by atoms with Crippen LogP contribution in [0.4, 0.5) is 4.79 Å². The van der Waals surface area contributed by atoms with E-state index in [1.807, 2.05) is 4.90 Å². The van der Waals surface area contributed by atoms with Gasteiger partial charge in [-0.25, -0.2) is 4.79 Å². The second-order valence-electron chi connectivity index (χ2n) is 6.20. The van der Waals surface area contributed by atoms with Gasteiger partial charge in [0.1, 0.15) is 0 Å². The Bertz CT molecular complexity index is 458. The first-order chi connectivity index (χ1) is 10.1. The number of amides is 2. The Hall–Kier alpha value is -1.59. The molecule has 0 bridgehead atoms. The monoisotopic (exact) mass is 294 g/mol. The molecule has 0 aliphatic carbocycles. The maximum atomic E-state index is 12.4. The summed E-state index contributed by atoms with van der Waals surface area (Å²) in [4.78, 5) is 18.4. The predicted octanol–water partition coefficient (Wildman–Crippen LogP) is 2.88. The van der Waals surface area contributed by atoms with Crippen LogP contribution >= 0.6 is 0 Å². The second-order valence-corrected chi connectivity index (χ2v) is 6.20. The average Bonchev–Trinajstić information content (AvgIpc) is 2.88. The van der Waals surface area contributed by atoms with Crippen molar-refractivity contribution >= 4 is 6.03 Å². The molecule has 1 saturated heterocycles. The molecule has 1 aromatic heterocycles. The van der Waals surface area contributed by atoms with Crippen LogP contribution in [0.5, 0.6) is 0 Å². The highest BCUT2D eigenvalue weighted by atomic mass is 16.5. The summed E-state index contributed by atoms with van der Waals surface area (Å²) in [6.45, 7) is 7.37. The van der Waals surface area contributed by atoms with Crippen molar-refractivity contribution < 1.29 is 9.32 Å². The van der Waals surface area contributed by atoms with Gasteiger partial charge in [-0.3, -0.25) is 0 Å². The van der Waals surface area contributed by atoms with Crippen LogP contribution < -0.4 is 5.32 Å². The Morgan fingerprint density at radius 2 is 2.29 bits per heavy atom. The number of aromatic nitrogens is 2. The van der Waals surface area contributed by atoms with Crippen LogP contribution in [0.25, 0.3) is 0 Å². The van der Waals surface area contributed by atoms with Crippen LogP contribution in [-0.4, -0.2) is 33.7 Å². The average molecular weight is 294 g/mol. The molecule has 1 aliphatic heterocycles. The molecule has 118 valence electrons. The summed E-state index contributed by atoms with van der Waals surface area (Å²) in [5.74, 6) is 1.72. The molecule has 1 aromatic rings. The van der Waals surface area contributed by atoms with Crippen molar-refractivity contribution in [2.24, 2.45) is 5.92 Å². The first-order valence-corrected chi connectivity index (χ1v) is 7.90. The van der Waals surface area contributed by atoms with Gasteiger partial charge < -0.3 is 14.7 Å². The fraction of sp³-hybridized carbons (Fsp3) is 0.800. The van der Waals surface area contributed by atoms with Gasteiger partial charge in [0, 0.05) is 19.5 Å². The summed E-state index contributed by atoms with van der Waals surface area (Å²) in [7, 11) is 0. The molecular formula is C15H26N4O2. The Labute approximate surface area is 126 Å². The molecule has 1 N–H and O–H groups in total. The highest BCUT2D eigenvalue weighted by molar-refractivity contribution is 5.74. The third-order valence-electron chi connectivity index (χ3n) is 3.93. The highest BCUT2D eigenvalue weighted by Crippen LogP contribution is 2.22. The number of aryl methyl sites for hydroxylation is 1. The number of hydrogen-bond acceptors (Lipinski definition) is 4. The second kappa shape index (κ2) is 7.43. The van der Waals surface area contributed by atoms with Crippen LogP contribution in [0.2, 0.25) is 0 Å². The molecule has 1 atom stereocenters. The Balaban J connectivity index is 1.85. The number of carbonyl (C=O) groups excluding carboxylic acids is 1. The summed E-state index contributed by atoms with van der Waals surface area (Å²) in [5.41, 5.74) is 0. The van der Waals surface area contributed by atoms with E-state index in [1.165, 1.54) is 12.8 Å². The lowest BCUT2D eigenvalue weighted by Gasteiger charge is -2.36. The minimum Gasteiger partial charge on any atom is -0.340 e. The fourth-order valence-electron chi connectivity index (χ4n) is 2.76. The number of hydrogen-bond donors (Lipinski definition) is 1. The van der Waals surface area contributed by atoms with E-state index in [-0.39, 0.29) is 6.03 Å². The molecule has 0 spiro atoms. The lowest BCUT2D eigenvalue weighted by molar-refractivity contribution is 0.142. The standard InChI is InChI=1S/C15H26N4O2/c1-11(2)7-8-13-6-4-5-9-19(13)15(20)16-10-14-17-12(3)21-18-14/h11,13H,4-10H2,1-3H3,(H,16,20)/t13-/m0/s1. The van der Waals surface area contributed by atoms with Gasteiger partial charge in [-0.1, -0.05) is 19.0 Å². The van der Waals surface area contributed by atoms with Gasteiger partial charge in [0.25, 0.3) is 0 Å². The van der Waals surface area contributed by atoms with Crippen molar-refractivity contribution in [1.29, 1.82) is 0 Å². The van der Waals surface area contributed by atoms with E-state index >= 15 is 0 Å². The van der Waals surface area contributed by atoms with E-state index in [2.05, 4.69) is 29.3 Å². The zero-order chi connectivity index (χ0) is 15.2. The Kier molecular flexibility index (Phi) is 5.59. The molecule has 0 radical (unpaired) electrons. The molecule has 2 amide bonds. The van der Waals surface area contributed by atoms with Crippen LogP contribution in [0.1, 0.15) is 57.7 Å². The number of rotatable bonds is 5. The molecular weight excluding hydrogens is 268 g/mol. The van der Waals surface area contributed by atoms with Gasteiger partial charge in [0.2, 0.25) is 5.89 Å². The first kappa shape index (κ1) is 15.8. The van der Waals surface area contributed by atoms with E-state index < -0.39 is 0 Å². The van der Waals surface area contributed by atoms with Crippen molar-refractivity contribution in [3.05, 3.63) is 11.7 Å². The van der Waals surface area contributed by atoms with Gasteiger partial charge in [0.05, 0.1) is 6.54 Å². The van der Waals surface area contributed by atoms with Crippen LogP contribution in [0.3, 0.4) is 0 Å². The molecule has 6 nitrogen and oxygen atoms in total. The van der Waals surface area contributed by atoms with Gasteiger partial charge in [-0.15, -0.1) is 0 Å². The predicted molar refractivity (Wildman–Crippen MR) is 79.7 cm³/mol. The molecule has 0 aromatic carbocycles. The van der Waals surface area contributed by atoms with Crippen LogP contribution in [0.15, 0.2) is 4.52 Å². The Morgan fingerprint density at radius 1 is 1.48 bits per heavy atom. The largest absolute Gasteiger partial charge is 0.340 e. The summed E-state index contributed by atoms with van der Waals surface area (Å²) < 4.78 is 4.90. The van der Waals surface area contributed by atoms with Crippen molar-refractivity contribution in [2.75, 3.05) is 6.54 Å². The molecule has 0 saturated carbocycles.